The third-order valence-electron chi connectivity index (χ3n) is 11.8. The number of hydrogen-bond donors (Lipinski definition) is 4. The fourth-order valence-electron chi connectivity index (χ4n) is 8.81. The summed E-state index contributed by atoms with van der Waals surface area (Å²) in [6, 6.07) is 27.4. The first kappa shape index (κ1) is 45.3. The Kier molecular flexibility index (Phi) is 11.3. The summed E-state index contributed by atoms with van der Waals surface area (Å²) in [5, 5.41) is 39.0. The largest absolute Gasteiger partial charge is 0.478 e. The number of esters is 1. The Morgan fingerprint density at radius 2 is 0.800 bits per heavy atom. The van der Waals surface area contributed by atoms with Crippen LogP contribution >= 0.6 is 0 Å². The van der Waals surface area contributed by atoms with E-state index in [9.17, 15) is 53.4 Å². The highest BCUT2D eigenvalue weighted by molar-refractivity contribution is 6.39. The average Bonchev–Trinajstić information content (AvgIpc) is 3.33. The van der Waals surface area contributed by atoms with Crippen molar-refractivity contribution in [3.05, 3.63) is 177 Å². The number of carboxylic acids is 4. The molecule has 0 aliphatic carbocycles. The van der Waals surface area contributed by atoms with E-state index >= 15 is 0 Å². The zero-order valence-corrected chi connectivity index (χ0v) is 36.6. The van der Waals surface area contributed by atoms with Crippen LogP contribution in [0.3, 0.4) is 0 Å². The molecule has 16 nitrogen and oxygen atoms in total. The highest BCUT2D eigenvalue weighted by Crippen LogP contribution is 2.43. The van der Waals surface area contributed by atoms with E-state index < -0.39 is 59.6 Å². The lowest BCUT2D eigenvalue weighted by Crippen LogP contribution is -2.42. The van der Waals surface area contributed by atoms with Crippen LogP contribution < -0.4 is 9.80 Å². The number of aromatic carboxylic acids is 2. The number of rotatable bonds is 12. The first-order valence-corrected chi connectivity index (χ1v) is 21.3. The van der Waals surface area contributed by atoms with Crippen molar-refractivity contribution in [2.75, 3.05) is 9.80 Å². The zero-order valence-electron chi connectivity index (χ0n) is 36.6. The fraction of sp³-hybridized carbons (Fsp3) is 0.0556. The molecule has 7 aromatic rings. The number of carboxylic acid groups (broad SMARTS) is 4. The van der Waals surface area contributed by atoms with Gasteiger partial charge in [0.2, 0.25) is 0 Å². The van der Waals surface area contributed by atoms with Crippen LogP contribution in [-0.4, -0.2) is 80.0 Å². The van der Waals surface area contributed by atoms with Crippen LogP contribution in [0.1, 0.15) is 97.5 Å². The molecule has 0 unspecified atom stereocenters. The van der Waals surface area contributed by atoms with Crippen LogP contribution in [-0.2, 0) is 14.3 Å². The number of hydrogen-bond acceptors (Lipinski definition) is 10. The molecule has 0 fully saturated rings. The summed E-state index contributed by atoms with van der Waals surface area (Å²) >= 11 is 0. The first-order valence-electron chi connectivity index (χ1n) is 21.3. The average molecular weight is 935 g/mol. The van der Waals surface area contributed by atoms with Gasteiger partial charge in [-0.15, -0.1) is 0 Å². The molecule has 4 N–H and O–H groups in total. The smallest absolute Gasteiger partial charge is 0.338 e. The predicted octanol–water partition coefficient (Wildman–Crippen LogP) is 9.09. The molecule has 0 atom stereocenters. The van der Waals surface area contributed by atoms with Gasteiger partial charge in [-0.3, -0.25) is 19.2 Å². The van der Waals surface area contributed by atoms with E-state index in [1.54, 1.807) is 62.4 Å². The first-order chi connectivity index (χ1) is 33.4. The Balaban J connectivity index is 1.17. The van der Waals surface area contributed by atoms with E-state index in [2.05, 4.69) is 0 Å². The van der Waals surface area contributed by atoms with Crippen LogP contribution in [0, 0.1) is 0 Å². The maximum absolute atomic E-state index is 14.8. The molecule has 0 radical (unpaired) electrons. The number of nitrogens with zero attached hydrogens (tertiary/aromatic N) is 2. The van der Waals surface area contributed by atoms with Crippen molar-refractivity contribution in [1.29, 1.82) is 0 Å². The lowest BCUT2D eigenvalue weighted by atomic mass is 9.86. The van der Waals surface area contributed by atoms with Gasteiger partial charge < -0.3 is 25.2 Å². The van der Waals surface area contributed by atoms with E-state index in [1.165, 1.54) is 78.9 Å². The molecule has 344 valence electrons. The molecule has 2 aliphatic heterocycles. The molecule has 0 saturated heterocycles. The predicted molar refractivity (Wildman–Crippen MR) is 255 cm³/mol. The Morgan fingerprint density at radius 3 is 1.13 bits per heavy atom. The van der Waals surface area contributed by atoms with Crippen LogP contribution in [0.15, 0.2) is 127 Å². The third-order valence-corrected chi connectivity index (χ3v) is 11.8. The molecule has 2 heterocycles. The van der Waals surface area contributed by atoms with Gasteiger partial charge in [0.25, 0.3) is 23.6 Å². The molecule has 0 bridgehead atoms. The minimum Gasteiger partial charge on any atom is -0.478 e. The van der Waals surface area contributed by atoms with Gasteiger partial charge in [-0.25, -0.2) is 33.8 Å². The lowest BCUT2D eigenvalue weighted by Gasteiger charge is -2.31. The molecule has 70 heavy (non-hydrogen) atoms. The molecule has 0 aromatic heterocycles. The Labute approximate surface area is 395 Å². The second kappa shape index (κ2) is 17.4. The van der Waals surface area contributed by atoms with Crippen molar-refractivity contribution in [1.82, 2.24) is 0 Å². The van der Waals surface area contributed by atoms with Gasteiger partial charge in [-0.05, 0) is 114 Å². The van der Waals surface area contributed by atoms with Crippen molar-refractivity contribution in [3.63, 3.8) is 0 Å². The summed E-state index contributed by atoms with van der Waals surface area (Å²) in [7, 11) is 0. The minimum atomic E-state index is -1.35. The lowest BCUT2D eigenvalue weighted by molar-refractivity contribution is -0.132. The molecule has 2 aliphatic rings. The van der Waals surface area contributed by atoms with Crippen molar-refractivity contribution in [2.24, 2.45) is 0 Å². The molecular weight excluding hydrogens is 901 g/mol. The van der Waals surface area contributed by atoms with Crippen LogP contribution in [0.25, 0.3) is 56.0 Å². The standard InChI is InChI=1S/C54H34N2O14/c1-26(2)70-54(69)31-23-32(55-48(61)36-15-13-34(29-9-3-27(4-10-29)7-21-42(57)58)44-40(52(65)66)19-17-38(46(36)44)50(55)63)25-33(24-31)56-49(62)37-16-14-35(30-11-5-28(6-12-30)8-22-43(59)60)45-41(53(67)68)20-18-39(47(37)45)51(56)64/h3-26H,1-2H3,(H,57,58)(H,59,60)(H,65,66)(H,67,68)/b21-7+,22-8+. The van der Waals surface area contributed by atoms with E-state index in [4.69, 9.17) is 14.9 Å². The molecule has 0 saturated carbocycles. The zero-order chi connectivity index (χ0) is 49.9. The van der Waals surface area contributed by atoms with Crippen LogP contribution in [0.4, 0.5) is 11.4 Å². The molecule has 4 amide bonds. The number of anilines is 2. The van der Waals surface area contributed by atoms with Gasteiger partial charge in [0.05, 0.1) is 34.2 Å². The fourth-order valence-corrected chi connectivity index (χ4v) is 8.81. The van der Waals surface area contributed by atoms with Crippen molar-refractivity contribution in [3.8, 4) is 22.3 Å². The Bertz CT molecular complexity index is 3340. The molecule has 7 aromatic carbocycles. The normalized spacial score (nSPS) is 13.3. The maximum Gasteiger partial charge on any atom is 0.338 e. The van der Waals surface area contributed by atoms with Crippen LogP contribution in [0.2, 0.25) is 0 Å². The second-order valence-corrected chi connectivity index (χ2v) is 16.4. The minimum absolute atomic E-state index is 0.0336. The van der Waals surface area contributed by atoms with Crippen molar-refractivity contribution in [2.45, 2.75) is 20.0 Å². The highest BCUT2D eigenvalue weighted by Gasteiger charge is 2.40. The van der Waals surface area contributed by atoms with Gasteiger partial charge in [0.1, 0.15) is 0 Å². The highest BCUT2D eigenvalue weighted by atomic mass is 16.5. The molecule has 0 spiro atoms. The Hall–Kier alpha value is -9.83. The third kappa shape index (κ3) is 7.80. The summed E-state index contributed by atoms with van der Waals surface area (Å²) < 4.78 is 5.49. The number of ether oxygens (including phenoxy) is 1. The summed E-state index contributed by atoms with van der Waals surface area (Å²) in [6.45, 7) is 3.17. The van der Waals surface area contributed by atoms with Crippen molar-refractivity contribution >= 4 is 98.5 Å². The van der Waals surface area contributed by atoms with E-state index in [1.807, 2.05) is 0 Å². The number of imide groups is 2. The van der Waals surface area contributed by atoms with Gasteiger partial charge in [-0.1, -0.05) is 60.7 Å². The van der Waals surface area contributed by atoms with E-state index in [0.717, 1.165) is 22.0 Å². The quantitative estimate of drug-likeness (QED) is 0.0507. The topological polar surface area (TPSA) is 250 Å². The Morgan fingerprint density at radius 1 is 0.457 bits per heavy atom. The summed E-state index contributed by atoms with van der Waals surface area (Å²) in [4.78, 5) is 122. The van der Waals surface area contributed by atoms with Crippen molar-refractivity contribution < 1.29 is 68.3 Å². The van der Waals surface area contributed by atoms with E-state index in [0.29, 0.717) is 33.4 Å². The van der Waals surface area contributed by atoms with Gasteiger partial charge in [-0.2, -0.15) is 0 Å². The number of amides is 4. The number of carbonyl (C=O) groups excluding carboxylic acids is 5. The summed E-state index contributed by atoms with van der Waals surface area (Å²) in [5.74, 6) is -9.67. The van der Waals surface area contributed by atoms with Gasteiger partial charge in [0, 0.05) is 56.0 Å². The molecule has 16 heteroatoms. The number of benzene rings is 7. The maximum atomic E-state index is 14.8. The SMILES string of the molecule is CC(C)OC(=O)c1cc(N2C(=O)c3ccc(C(=O)O)c4c(-c5ccc(/C=C/C(=O)O)cc5)ccc(c34)C2=O)cc(N2C(=O)c3ccc(C(=O)O)c4c(-c5ccc(/C=C/C(=O)O)cc5)ccc(c34)C2=O)c1. The number of carbonyl (C=O) groups is 9. The molecular formula is C54H34N2O14. The summed E-state index contributed by atoms with van der Waals surface area (Å²) in [6.07, 6.45) is 4.01. The monoisotopic (exact) mass is 934 g/mol. The van der Waals surface area contributed by atoms with Crippen LogP contribution in [0.5, 0.6) is 0 Å². The molecule has 9 rings (SSSR count). The van der Waals surface area contributed by atoms with Gasteiger partial charge >= 0.3 is 29.8 Å². The number of aliphatic carboxylic acids is 2. The second-order valence-electron chi connectivity index (χ2n) is 16.4. The summed E-state index contributed by atoms with van der Waals surface area (Å²) in [5.41, 5.74) is 1.21. The van der Waals surface area contributed by atoms with E-state index in [-0.39, 0.29) is 71.9 Å². The van der Waals surface area contributed by atoms with Gasteiger partial charge in [0.15, 0.2) is 0 Å².